The molecule has 2 fully saturated rings. The topological polar surface area (TPSA) is 3.24 Å². The molecule has 3 atom stereocenters. The van der Waals surface area contributed by atoms with Crippen LogP contribution in [0.1, 0.15) is 37.7 Å². The van der Waals surface area contributed by atoms with Gasteiger partial charge in [-0.1, -0.05) is 37.3 Å². The van der Waals surface area contributed by atoms with E-state index in [1.165, 1.54) is 36.6 Å². The van der Waals surface area contributed by atoms with E-state index in [0.29, 0.717) is 5.54 Å². The number of benzene rings is 2. The predicted octanol–water partition coefficient (Wildman–Crippen LogP) is 4.32. The summed E-state index contributed by atoms with van der Waals surface area (Å²) in [5.74, 6) is 1.66. The molecule has 5 rings (SSSR count). The van der Waals surface area contributed by atoms with Gasteiger partial charge < -0.3 is 4.90 Å². The lowest BCUT2D eigenvalue weighted by atomic mass is 9.60. The Morgan fingerprint density at radius 2 is 2.00 bits per heavy atom. The van der Waals surface area contributed by atoms with Gasteiger partial charge in [0.2, 0.25) is 0 Å². The van der Waals surface area contributed by atoms with Gasteiger partial charge in [-0.2, -0.15) is 0 Å². The maximum absolute atomic E-state index is 2.76. The molecule has 1 aliphatic carbocycles. The van der Waals surface area contributed by atoms with Crippen LogP contribution in [0.2, 0.25) is 0 Å². The van der Waals surface area contributed by atoms with E-state index in [2.05, 4.69) is 48.2 Å². The number of hydrogen-bond donors (Lipinski definition) is 0. The Morgan fingerprint density at radius 1 is 1.11 bits per heavy atom. The SMILES string of the molecule is C[C@@H]1CCN2c3ccc4ccccc4c3[C@H]3CC[C@]132. The molecule has 2 heterocycles. The average molecular weight is 249 g/mol. The number of nitrogens with zero attached hydrogens (tertiary/aromatic N) is 1. The Balaban J connectivity index is 1.84. The Hall–Kier alpha value is -1.50. The Morgan fingerprint density at radius 3 is 2.84 bits per heavy atom. The van der Waals surface area contributed by atoms with Crippen LogP contribution in [0.5, 0.6) is 0 Å². The first-order valence-electron chi connectivity index (χ1n) is 7.61. The smallest absolute Gasteiger partial charge is 0.0498 e. The van der Waals surface area contributed by atoms with Crippen LogP contribution in [-0.2, 0) is 0 Å². The van der Waals surface area contributed by atoms with Gasteiger partial charge in [0.05, 0.1) is 0 Å². The maximum atomic E-state index is 2.76. The molecule has 19 heavy (non-hydrogen) atoms. The second-order valence-electron chi connectivity index (χ2n) is 6.64. The van der Waals surface area contributed by atoms with Crippen LogP contribution in [0.15, 0.2) is 36.4 Å². The molecule has 2 aromatic carbocycles. The lowest BCUT2D eigenvalue weighted by Gasteiger charge is -2.50. The molecule has 1 spiro atoms. The van der Waals surface area contributed by atoms with Crippen molar-refractivity contribution in [2.24, 2.45) is 5.92 Å². The molecule has 1 heteroatoms. The fraction of sp³-hybridized carbons (Fsp3) is 0.444. The fourth-order valence-electron chi connectivity index (χ4n) is 5.17. The van der Waals surface area contributed by atoms with Crippen LogP contribution < -0.4 is 4.90 Å². The first-order chi connectivity index (χ1) is 9.32. The summed E-state index contributed by atoms with van der Waals surface area (Å²) < 4.78 is 0. The molecule has 96 valence electrons. The Bertz CT molecular complexity index is 689. The number of fused-ring (bicyclic) bond motifs is 5. The highest BCUT2D eigenvalue weighted by Gasteiger charge is 2.62. The van der Waals surface area contributed by atoms with E-state index in [9.17, 15) is 0 Å². The second kappa shape index (κ2) is 3.15. The lowest BCUT2D eigenvalue weighted by molar-refractivity contribution is 0.164. The lowest BCUT2D eigenvalue weighted by Crippen LogP contribution is -2.54. The third kappa shape index (κ3) is 0.980. The summed E-state index contributed by atoms with van der Waals surface area (Å²) in [5, 5.41) is 2.92. The van der Waals surface area contributed by atoms with Crippen molar-refractivity contribution in [1.29, 1.82) is 0 Å². The van der Waals surface area contributed by atoms with Crippen LogP contribution in [0, 0.1) is 5.92 Å². The van der Waals surface area contributed by atoms with E-state index in [1.54, 1.807) is 11.3 Å². The van der Waals surface area contributed by atoms with Gasteiger partial charge in [-0.05, 0) is 47.6 Å². The Labute approximate surface area is 114 Å². The van der Waals surface area contributed by atoms with E-state index < -0.39 is 0 Å². The molecule has 1 nitrogen and oxygen atoms in total. The molecule has 0 radical (unpaired) electrons. The quantitative estimate of drug-likeness (QED) is 0.672. The van der Waals surface area contributed by atoms with Gasteiger partial charge in [-0.15, -0.1) is 0 Å². The van der Waals surface area contributed by atoms with Gasteiger partial charge in [0.15, 0.2) is 0 Å². The zero-order valence-corrected chi connectivity index (χ0v) is 11.4. The molecule has 1 saturated carbocycles. The van der Waals surface area contributed by atoms with E-state index in [4.69, 9.17) is 0 Å². The van der Waals surface area contributed by atoms with E-state index in [0.717, 1.165) is 11.8 Å². The van der Waals surface area contributed by atoms with Crippen LogP contribution in [-0.4, -0.2) is 12.1 Å². The Kier molecular flexibility index (Phi) is 1.71. The normalized spacial score (nSPS) is 34.9. The van der Waals surface area contributed by atoms with Gasteiger partial charge in [-0.25, -0.2) is 0 Å². The predicted molar refractivity (Wildman–Crippen MR) is 79.8 cm³/mol. The summed E-state index contributed by atoms with van der Waals surface area (Å²) in [6.45, 7) is 3.74. The van der Waals surface area contributed by atoms with E-state index in [-0.39, 0.29) is 0 Å². The second-order valence-corrected chi connectivity index (χ2v) is 6.64. The first kappa shape index (κ1) is 10.3. The minimum Gasteiger partial charge on any atom is -0.365 e. The standard InChI is InChI=1S/C18H19N/c1-12-9-11-19-16-7-6-13-4-2-3-5-14(13)17(16)15-8-10-18(12,15)19/h2-7,12,15H,8-11H2,1H3/t12-,15-,18+/m1/s1. The minimum atomic E-state index is 0.493. The summed E-state index contributed by atoms with van der Waals surface area (Å²) in [6.07, 6.45) is 4.17. The summed E-state index contributed by atoms with van der Waals surface area (Å²) in [6, 6.07) is 13.6. The minimum absolute atomic E-state index is 0.493. The number of hydrogen-bond acceptors (Lipinski definition) is 1. The average Bonchev–Trinajstić information content (AvgIpc) is 2.85. The fourth-order valence-corrected chi connectivity index (χ4v) is 5.17. The summed E-state index contributed by atoms with van der Waals surface area (Å²) in [5.41, 5.74) is 3.70. The highest BCUT2D eigenvalue weighted by Crippen LogP contribution is 2.66. The molecule has 0 amide bonds. The van der Waals surface area contributed by atoms with E-state index >= 15 is 0 Å². The van der Waals surface area contributed by atoms with Gasteiger partial charge >= 0.3 is 0 Å². The molecular formula is C18H19N. The van der Waals surface area contributed by atoms with Crippen molar-refractivity contribution < 1.29 is 0 Å². The monoisotopic (exact) mass is 249 g/mol. The number of anilines is 1. The highest BCUT2D eigenvalue weighted by atomic mass is 15.3. The van der Waals surface area contributed by atoms with Crippen molar-refractivity contribution in [3.8, 4) is 0 Å². The van der Waals surface area contributed by atoms with E-state index in [1.807, 2.05) is 0 Å². The van der Waals surface area contributed by atoms with Crippen LogP contribution in [0.3, 0.4) is 0 Å². The first-order valence-corrected chi connectivity index (χ1v) is 7.61. The van der Waals surface area contributed by atoms with Crippen molar-refractivity contribution in [2.75, 3.05) is 11.4 Å². The molecule has 3 aliphatic rings. The van der Waals surface area contributed by atoms with Crippen molar-refractivity contribution in [2.45, 2.75) is 37.6 Å². The third-order valence-corrected chi connectivity index (χ3v) is 6.17. The molecule has 1 saturated heterocycles. The van der Waals surface area contributed by atoms with Gasteiger partial charge in [0.25, 0.3) is 0 Å². The molecule has 0 N–H and O–H groups in total. The van der Waals surface area contributed by atoms with Gasteiger partial charge in [0.1, 0.15) is 0 Å². The molecule has 0 aromatic heterocycles. The largest absolute Gasteiger partial charge is 0.365 e. The third-order valence-electron chi connectivity index (χ3n) is 6.17. The zero-order valence-electron chi connectivity index (χ0n) is 11.4. The molecule has 2 aromatic rings. The van der Waals surface area contributed by atoms with Crippen LogP contribution in [0.25, 0.3) is 10.8 Å². The van der Waals surface area contributed by atoms with Crippen molar-refractivity contribution in [3.63, 3.8) is 0 Å². The van der Waals surface area contributed by atoms with Gasteiger partial charge in [-0.3, -0.25) is 0 Å². The molecule has 2 aliphatic heterocycles. The van der Waals surface area contributed by atoms with Crippen molar-refractivity contribution >= 4 is 16.5 Å². The van der Waals surface area contributed by atoms with Crippen LogP contribution in [0.4, 0.5) is 5.69 Å². The summed E-state index contributed by atoms with van der Waals surface area (Å²) in [7, 11) is 0. The number of rotatable bonds is 0. The molecular weight excluding hydrogens is 230 g/mol. The highest BCUT2D eigenvalue weighted by molar-refractivity contribution is 5.93. The van der Waals surface area contributed by atoms with Crippen molar-refractivity contribution in [3.05, 3.63) is 42.0 Å². The molecule has 0 unspecified atom stereocenters. The maximum Gasteiger partial charge on any atom is 0.0498 e. The van der Waals surface area contributed by atoms with Crippen molar-refractivity contribution in [1.82, 2.24) is 0 Å². The van der Waals surface area contributed by atoms with Gasteiger partial charge in [0, 0.05) is 23.7 Å². The molecule has 0 bridgehead atoms. The van der Waals surface area contributed by atoms with Crippen LogP contribution >= 0.6 is 0 Å². The zero-order chi connectivity index (χ0) is 12.6. The summed E-state index contributed by atoms with van der Waals surface area (Å²) in [4.78, 5) is 2.76. The summed E-state index contributed by atoms with van der Waals surface area (Å²) >= 11 is 0.